The molecule has 0 heterocycles. The van der Waals surface area contributed by atoms with Crippen molar-refractivity contribution in [3.63, 3.8) is 0 Å². The summed E-state index contributed by atoms with van der Waals surface area (Å²) in [4.78, 5) is 48.4. The molecule has 0 radical (unpaired) electrons. The number of methoxy groups -OCH3 is 2. The Labute approximate surface area is 169 Å². The molecule has 0 unspecified atom stereocenters. The third kappa shape index (κ3) is 5.51. The van der Waals surface area contributed by atoms with E-state index in [-0.39, 0.29) is 35.4 Å². The molecule has 0 fully saturated rings. The Balaban J connectivity index is 2.12. The number of carbonyl (C=O) groups is 4. The lowest BCUT2D eigenvalue weighted by Gasteiger charge is -2.11. The average molecular weight is 397 g/mol. The second-order valence-corrected chi connectivity index (χ2v) is 6.51. The monoisotopic (exact) mass is 397 g/mol. The summed E-state index contributed by atoms with van der Waals surface area (Å²) in [5.41, 5.74) is 3.01. The number of rotatable bonds is 7. The zero-order valence-electron chi connectivity index (χ0n) is 16.8. The first-order chi connectivity index (χ1) is 13.8. The van der Waals surface area contributed by atoms with Gasteiger partial charge in [0.2, 0.25) is 5.91 Å². The van der Waals surface area contributed by atoms with Crippen LogP contribution in [-0.2, 0) is 14.3 Å². The average Bonchev–Trinajstić information content (AvgIpc) is 2.72. The molecule has 0 aliphatic carbocycles. The molecule has 0 aliphatic heterocycles. The molecule has 0 aromatic heterocycles. The van der Waals surface area contributed by atoms with Crippen molar-refractivity contribution in [3.8, 4) is 0 Å². The van der Waals surface area contributed by atoms with Crippen molar-refractivity contribution in [2.24, 2.45) is 0 Å². The topological polar surface area (TPSA) is 98.8 Å². The second-order valence-electron chi connectivity index (χ2n) is 6.51. The van der Waals surface area contributed by atoms with Crippen LogP contribution < -0.4 is 5.32 Å². The lowest BCUT2D eigenvalue weighted by Crippen LogP contribution is -2.17. The molecule has 7 nitrogen and oxygen atoms in total. The van der Waals surface area contributed by atoms with Crippen LogP contribution in [0.1, 0.15) is 55.0 Å². The molecule has 1 amide bonds. The molecule has 1 N–H and O–H groups in total. The van der Waals surface area contributed by atoms with Gasteiger partial charge in [0.05, 0.1) is 31.0 Å². The summed E-state index contributed by atoms with van der Waals surface area (Å²) < 4.78 is 9.36. The van der Waals surface area contributed by atoms with Gasteiger partial charge in [-0.25, -0.2) is 9.59 Å². The second kappa shape index (κ2) is 9.64. The Kier molecular flexibility index (Phi) is 7.25. The quantitative estimate of drug-likeness (QED) is 0.567. The van der Waals surface area contributed by atoms with E-state index in [9.17, 15) is 19.2 Å². The lowest BCUT2D eigenvalue weighted by atomic mass is 10.0. The maximum absolute atomic E-state index is 12.4. The third-order valence-corrected chi connectivity index (χ3v) is 4.53. The summed E-state index contributed by atoms with van der Waals surface area (Å²) >= 11 is 0. The summed E-state index contributed by atoms with van der Waals surface area (Å²) in [5, 5.41) is 2.57. The standard InChI is InChI=1S/C22H23NO6/c1-13-5-6-15(11-14(13)2)19(24)9-10-20(25)23-18-12-16(21(26)28-3)7-8-17(18)22(27)29-4/h5-8,11-12H,9-10H2,1-4H3,(H,23,25). The van der Waals surface area contributed by atoms with Gasteiger partial charge in [-0.05, 0) is 49.2 Å². The van der Waals surface area contributed by atoms with E-state index in [0.717, 1.165) is 11.1 Å². The minimum atomic E-state index is -0.664. The predicted octanol–water partition coefficient (Wildman–Crippen LogP) is 3.48. The Bertz CT molecular complexity index is 964. The van der Waals surface area contributed by atoms with Crippen LogP contribution in [0.2, 0.25) is 0 Å². The molecule has 2 rings (SSSR count). The van der Waals surface area contributed by atoms with E-state index in [4.69, 9.17) is 4.74 Å². The highest BCUT2D eigenvalue weighted by Gasteiger charge is 2.18. The summed E-state index contributed by atoms with van der Waals surface area (Å²) in [6, 6.07) is 9.50. The lowest BCUT2D eigenvalue weighted by molar-refractivity contribution is -0.116. The van der Waals surface area contributed by atoms with E-state index < -0.39 is 17.8 Å². The van der Waals surface area contributed by atoms with Crippen molar-refractivity contribution in [1.29, 1.82) is 0 Å². The Morgan fingerprint density at radius 3 is 2.07 bits per heavy atom. The van der Waals surface area contributed by atoms with Gasteiger partial charge in [0, 0.05) is 18.4 Å². The van der Waals surface area contributed by atoms with Crippen LogP contribution in [0.4, 0.5) is 5.69 Å². The summed E-state index contributed by atoms with van der Waals surface area (Å²) in [7, 11) is 2.44. The highest BCUT2D eigenvalue weighted by molar-refractivity contribution is 6.05. The van der Waals surface area contributed by atoms with Crippen LogP contribution in [0.15, 0.2) is 36.4 Å². The van der Waals surface area contributed by atoms with Crippen molar-refractivity contribution < 1.29 is 28.7 Å². The Morgan fingerprint density at radius 2 is 1.45 bits per heavy atom. The molecule has 2 aromatic carbocycles. The number of ether oxygens (including phenoxy) is 2. The molecular weight excluding hydrogens is 374 g/mol. The summed E-state index contributed by atoms with van der Waals surface area (Å²) in [5.74, 6) is -1.89. The van der Waals surface area contributed by atoms with Crippen LogP contribution >= 0.6 is 0 Å². The van der Waals surface area contributed by atoms with Crippen molar-refractivity contribution in [2.45, 2.75) is 26.7 Å². The first kappa shape index (κ1) is 21.8. The zero-order chi connectivity index (χ0) is 21.6. The first-order valence-corrected chi connectivity index (χ1v) is 8.97. The van der Waals surface area contributed by atoms with Crippen molar-refractivity contribution in [1.82, 2.24) is 0 Å². The molecule has 0 atom stereocenters. The van der Waals surface area contributed by atoms with E-state index >= 15 is 0 Å². The number of amides is 1. The molecule has 0 saturated heterocycles. The molecule has 0 aliphatic rings. The van der Waals surface area contributed by atoms with Gasteiger partial charge in [-0.15, -0.1) is 0 Å². The molecule has 0 saturated carbocycles. The van der Waals surface area contributed by atoms with Gasteiger partial charge in [-0.2, -0.15) is 0 Å². The van der Waals surface area contributed by atoms with E-state index in [2.05, 4.69) is 10.1 Å². The third-order valence-electron chi connectivity index (χ3n) is 4.53. The number of anilines is 1. The maximum Gasteiger partial charge on any atom is 0.339 e. The predicted molar refractivity (Wildman–Crippen MR) is 107 cm³/mol. The van der Waals surface area contributed by atoms with Gasteiger partial charge in [-0.3, -0.25) is 9.59 Å². The summed E-state index contributed by atoms with van der Waals surface area (Å²) in [6.45, 7) is 3.87. The Hall–Kier alpha value is -3.48. The fourth-order valence-electron chi connectivity index (χ4n) is 2.68. The van der Waals surface area contributed by atoms with E-state index in [1.807, 2.05) is 19.9 Å². The van der Waals surface area contributed by atoms with Crippen LogP contribution in [0, 0.1) is 13.8 Å². The zero-order valence-corrected chi connectivity index (χ0v) is 16.8. The number of hydrogen-bond donors (Lipinski definition) is 1. The van der Waals surface area contributed by atoms with Gasteiger partial charge in [0.25, 0.3) is 0 Å². The Morgan fingerprint density at radius 1 is 0.793 bits per heavy atom. The van der Waals surface area contributed by atoms with Crippen molar-refractivity contribution in [2.75, 3.05) is 19.5 Å². The smallest absolute Gasteiger partial charge is 0.339 e. The highest BCUT2D eigenvalue weighted by Crippen LogP contribution is 2.20. The highest BCUT2D eigenvalue weighted by atomic mass is 16.5. The molecule has 29 heavy (non-hydrogen) atoms. The molecule has 152 valence electrons. The number of ketones is 1. The fraction of sp³-hybridized carbons (Fsp3) is 0.273. The van der Waals surface area contributed by atoms with Crippen LogP contribution in [0.5, 0.6) is 0 Å². The van der Waals surface area contributed by atoms with Crippen LogP contribution in [0.25, 0.3) is 0 Å². The number of Topliss-reactive ketones (excluding diaryl/α,β-unsaturated/α-hetero) is 1. The normalized spacial score (nSPS) is 10.2. The molecular formula is C22H23NO6. The largest absolute Gasteiger partial charge is 0.465 e. The van der Waals surface area contributed by atoms with Gasteiger partial charge >= 0.3 is 11.9 Å². The first-order valence-electron chi connectivity index (χ1n) is 8.97. The summed E-state index contributed by atoms with van der Waals surface area (Å²) in [6.07, 6.45) is -0.0621. The number of nitrogens with one attached hydrogen (secondary N) is 1. The van der Waals surface area contributed by atoms with E-state index in [1.165, 1.54) is 32.4 Å². The van der Waals surface area contributed by atoms with Gasteiger partial charge in [0.15, 0.2) is 5.78 Å². The van der Waals surface area contributed by atoms with Gasteiger partial charge in [-0.1, -0.05) is 12.1 Å². The molecule has 0 bridgehead atoms. The van der Waals surface area contributed by atoms with Gasteiger partial charge < -0.3 is 14.8 Å². The number of hydrogen-bond acceptors (Lipinski definition) is 6. The number of carbonyl (C=O) groups excluding carboxylic acids is 4. The van der Waals surface area contributed by atoms with Crippen molar-refractivity contribution in [3.05, 3.63) is 64.2 Å². The van der Waals surface area contributed by atoms with Crippen molar-refractivity contribution >= 4 is 29.3 Å². The number of esters is 2. The van der Waals surface area contributed by atoms with E-state index in [1.54, 1.807) is 12.1 Å². The minimum Gasteiger partial charge on any atom is -0.465 e. The maximum atomic E-state index is 12.4. The number of benzene rings is 2. The minimum absolute atomic E-state index is 0.0125. The molecule has 2 aromatic rings. The number of aryl methyl sites for hydroxylation is 2. The molecule has 7 heteroatoms. The SMILES string of the molecule is COC(=O)c1ccc(C(=O)OC)c(NC(=O)CCC(=O)c2ccc(C)c(C)c2)c1. The van der Waals surface area contributed by atoms with Crippen LogP contribution in [-0.4, -0.2) is 37.8 Å². The van der Waals surface area contributed by atoms with Crippen LogP contribution in [0.3, 0.4) is 0 Å². The van der Waals surface area contributed by atoms with E-state index in [0.29, 0.717) is 5.56 Å². The van der Waals surface area contributed by atoms with Gasteiger partial charge in [0.1, 0.15) is 0 Å². The fourth-order valence-corrected chi connectivity index (χ4v) is 2.68. The molecule has 0 spiro atoms.